The van der Waals surface area contributed by atoms with Crippen LogP contribution in [0, 0.1) is 0 Å². The van der Waals surface area contributed by atoms with Crippen LogP contribution in [0.25, 0.3) is 16.5 Å². The Labute approximate surface area is 128 Å². The third kappa shape index (κ3) is 2.11. The van der Waals surface area contributed by atoms with Gasteiger partial charge in [0, 0.05) is 14.9 Å². The standard InChI is InChI=1S/C15H10BrClN2O/c16-12-6-5-10(17)8-13(12)19-14(18)7-9-3-1-2-4-11(9)15(19)20/h1-8H,18H2. The van der Waals surface area contributed by atoms with E-state index >= 15 is 0 Å². The summed E-state index contributed by atoms with van der Waals surface area (Å²) < 4.78 is 2.21. The molecule has 0 aliphatic rings. The molecular formula is C15H10BrClN2O. The molecule has 3 nitrogen and oxygen atoms in total. The molecule has 0 saturated carbocycles. The van der Waals surface area contributed by atoms with Crippen LogP contribution >= 0.6 is 27.5 Å². The molecule has 3 aromatic rings. The lowest BCUT2D eigenvalue weighted by Gasteiger charge is -2.13. The Bertz CT molecular complexity index is 873. The predicted molar refractivity (Wildman–Crippen MR) is 86.7 cm³/mol. The van der Waals surface area contributed by atoms with Gasteiger partial charge in [-0.25, -0.2) is 0 Å². The van der Waals surface area contributed by atoms with Gasteiger partial charge in [0.1, 0.15) is 5.82 Å². The normalized spacial score (nSPS) is 10.9. The Morgan fingerprint density at radius 2 is 1.85 bits per heavy atom. The van der Waals surface area contributed by atoms with E-state index in [9.17, 15) is 4.79 Å². The summed E-state index contributed by atoms with van der Waals surface area (Å²) in [6, 6.07) is 14.4. The molecule has 5 heteroatoms. The van der Waals surface area contributed by atoms with Gasteiger partial charge in [-0.3, -0.25) is 9.36 Å². The number of hydrogen-bond donors (Lipinski definition) is 1. The summed E-state index contributed by atoms with van der Waals surface area (Å²) in [6.45, 7) is 0. The van der Waals surface area contributed by atoms with Gasteiger partial charge in [0.25, 0.3) is 5.56 Å². The summed E-state index contributed by atoms with van der Waals surface area (Å²) in [5.41, 5.74) is 6.50. The monoisotopic (exact) mass is 348 g/mol. The maximum absolute atomic E-state index is 12.6. The number of nitrogen functional groups attached to an aromatic ring is 1. The molecule has 1 aromatic heterocycles. The van der Waals surface area contributed by atoms with Gasteiger partial charge in [-0.15, -0.1) is 0 Å². The van der Waals surface area contributed by atoms with E-state index in [1.165, 1.54) is 4.57 Å². The van der Waals surface area contributed by atoms with Crippen molar-refractivity contribution in [3.63, 3.8) is 0 Å². The maximum atomic E-state index is 12.6. The predicted octanol–water partition coefficient (Wildman–Crippen LogP) is 3.99. The minimum Gasteiger partial charge on any atom is -0.385 e. The van der Waals surface area contributed by atoms with E-state index in [1.807, 2.05) is 18.2 Å². The highest BCUT2D eigenvalue weighted by molar-refractivity contribution is 9.10. The quantitative estimate of drug-likeness (QED) is 0.722. The first-order chi connectivity index (χ1) is 9.58. The van der Waals surface area contributed by atoms with E-state index < -0.39 is 0 Å². The van der Waals surface area contributed by atoms with Crippen LogP contribution in [0.3, 0.4) is 0 Å². The van der Waals surface area contributed by atoms with Crippen molar-refractivity contribution in [1.82, 2.24) is 4.57 Å². The number of anilines is 1. The summed E-state index contributed by atoms with van der Waals surface area (Å²) in [6.07, 6.45) is 0. The van der Waals surface area contributed by atoms with Gasteiger partial charge in [-0.2, -0.15) is 0 Å². The molecule has 0 radical (unpaired) electrons. The smallest absolute Gasteiger partial charge is 0.264 e. The van der Waals surface area contributed by atoms with Gasteiger partial charge in [0.2, 0.25) is 0 Å². The van der Waals surface area contributed by atoms with Crippen molar-refractivity contribution in [2.45, 2.75) is 0 Å². The van der Waals surface area contributed by atoms with Gasteiger partial charge in [0.15, 0.2) is 0 Å². The summed E-state index contributed by atoms with van der Waals surface area (Å²) in [4.78, 5) is 12.6. The van der Waals surface area contributed by atoms with E-state index in [-0.39, 0.29) is 5.56 Å². The molecule has 0 bridgehead atoms. The molecule has 0 aliphatic carbocycles. The molecule has 0 atom stereocenters. The molecular weight excluding hydrogens is 340 g/mol. The summed E-state index contributed by atoms with van der Waals surface area (Å²) in [5.74, 6) is 0.372. The number of hydrogen-bond acceptors (Lipinski definition) is 2. The molecule has 2 aromatic carbocycles. The summed E-state index contributed by atoms with van der Waals surface area (Å²) in [5, 5.41) is 1.99. The number of nitrogens with zero attached hydrogens (tertiary/aromatic N) is 1. The average Bonchev–Trinajstić information content (AvgIpc) is 2.42. The topological polar surface area (TPSA) is 48.0 Å². The number of rotatable bonds is 1. The molecule has 1 heterocycles. The van der Waals surface area contributed by atoms with Crippen molar-refractivity contribution >= 4 is 44.1 Å². The second-order valence-corrected chi connectivity index (χ2v) is 5.68. The third-order valence-electron chi connectivity index (χ3n) is 3.10. The lowest BCUT2D eigenvalue weighted by Crippen LogP contribution is -2.21. The highest BCUT2D eigenvalue weighted by Gasteiger charge is 2.11. The van der Waals surface area contributed by atoms with Crippen LogP contribution in [0.1, 0.15) is 0 Å². The van der Waals surface area contributed by atoms with Gasteiger partial charge in [-0.05, 0) is 51.6 Å². The van der Waals surface area contributed by atoms with Crippen LogP contribution < -0.4 is 11.3 Å². The minimum atomic E-state index is -0.163. The zero-order valence-corrected chi connectivity index (χ0v) is 12.6. The molecule has 0 aliphatic heterocycles. The molecule has 100 valence electrons. The second kappa shape index (κ2) is 4.96. The van der Waals surface area contributed by atoms with Crippen LogP contribution in [-0.2, 0) is 0 Å². The zero-order valence-electron chi connectivity index (χ0n) is 10.3. The number of benzene rings is 2. The first-order valence-electron chi connectivity index (χ1n) is 5.93. The molecule has 0 amide bonds. The van der Waals surface area contributed by atoms with Crippen molar-refractivity contribution in [1.29, 1.82) is 0 Å². The van der Waals surface area contributed by atoms with Gasteiger partial charge < -0.3 is 5.73 Å². The largest absolute Gasteiger partial charge is 0.385 e. The van der Waals surface area contributed by atoms with Gasteiger partial charge in [0.05, 0.1) is 5.69 Å². The molecule has 0 saturated heterocycles. The van der Waals surface area contributed by atoms with Crippen LogP contribution in [0.15, 0.2) is 57.8 Å². The first-order valence-corrected chi connectivity index (χ1v) is 7.11. The molecule has 0 spiro atoms. The minimum absolute atomic E-state index is 0.163. The van der Waals surface area contributed by atoms with Crippen molar-refractivity contribution in [2.75, 3.05) is 5.73 Å². The van der Waals surface area contributed by atoms with Crippen LogP contribution in [0.4, 0.5) is 5.82 Å². The van der Waals surface area contributed by atoms with Crippen molar-refractivity contribution in [3.8, 4) is 5.69 Å². The molecule has 3 rings (SSSR count). The summed E-state index contributed by atoms with van der Waals surface area (Å²) in [7, 11) is 0. The fourth-order valence-corrected chi connectivity index (χ4v) is 2.78. The number of pyridine rings is 1. The Balaban J connectivity index is 2.42. The molecule has 0 unspecified atom stereocenters. The van der Waals surface area contributed by atoms with E-state index in [0.29, 0.717) is 21.9 Å². The highest BCUT2D eigenvalue weighted by Crippen LogP contribution is 2.26. The Morgan fingerprint density at radius 3 is 2.65 bits per heavy atom. The van der Waals surface area contributed by atoms with Crippen molar-refractivity contribution in [3.05, 3.63) is 68.4 Å². The average molecular weight is 350 g/mol. The number of fused-ring (bicyclic) bond motifs is 1. The van der Waals surface area contributed by atoms with Crippen molar-refractivity contribution < 1.29 is 0 Å². The molecule has 2 N–H and O–H groups in total. The number of nitrogens with two attached hydrogens (primary N) is 1. The Hall–Kier alpha value is -1.78. The number of aromatic nitrogens is 1. The second-order valence-electron chi connectivity index (χ2n) is 4.39. The lowest BCUT2D eigenvalue weighted by molar-refractivity contribution is 1.02. The molecule has 0 fully saturated rings. The van der Waals surface area contributed by atoms with Gasteiger partial charge >= 0.3 is 0 Å². The molecule has 20 heavy (non-hydrogen) atoms. The maximum Gasteiger partial charge on any atom is 0.264 e. The van der Waals surface area contributed by atoms with E-state index in [0.717, 1.165) is 9.86 Å². The fourth-order valence-electron chi connectivity index (χ4n) is 2.18. The number of halogens is 2. The SMILES string of the molecule is Nc1cc2ccccc2c(=O)n1-c1cc(Cl)ccc1Br. The van der Waals surface area contributed by atoms with Crippen LogP contribution in [0.5, 0.6) is 0 Å². The highest BCUT2D eigenvalue weighted by atomic mass is 79.9. The van der Waals surface area contributed by atoms with E-state index in [2.05, 4.69) is 15.9 Å². The van der Waals surface area contributed by atoms with Gasteiger partial charge in [-0.1, -0.05) is 29.8 Å². The summed E-state index contributed by atoms with van der Waals surface area (Å²) >= 11 is 9.44. The van der Waals surface area contributed by atoms with Crippen LogP contribution in [-0.4, -0.2) is 4.57 Å². The first kappa shape index (κ1) is 13.2. The fraction of sp³-hybridized carbons (Fsp3) is 0. The Morgan fingerprint density at radius 1 is 1.10 bits per heavy atom. The zero-order chi connectivity index (χ0) is 14.3. The van der Waals surface area contributed by atoms with E-state index in [1.54, 1.807) is 30.3 Å². The van der Waals surface area contributed by atoms with E-state index in [4.69, 9.17) is 17.3 Å². The third-order valence-corrected chi connectivity index (χ3v) is 4.01. The lowest BCUT2D eigenvalue weighted by atomic mass is 10.1. The Kier molecular flexibility index (Phi) is 3.28. The van der Waals surface area contributed by atoms with Crippen molar-refractivity contribution in [2.24, 2.45) is 0 Å². The van der Waals surface area contributed by atoms with Crippen LogP contribution in [0.2, 0.25) is 5.02 Å².